The van der Waals surface area contributed by atoms with E-state index in [1.54, 1.807) is 14.2 Å². The summed E-state index contributed by atoms with van der Waals surface area (Å²) in [6.45, 7) is 4.51. The maximum absolute atomic E-state index is 5.58. The molecule has 2 N–H and O–H groups in total. The Bertz CT molecular complexity index is 855. The van der Waals surface area contributed by atoms with Crippen LogP contribution in [0.5, 0.6) is 11.5 Å². The molecule has 31 heavy (non-hydrogen) atoms. The lowest BCUT2D eigenvalue weighted by atomic mass is 9.69. The van der Waals surface area contributed by atoms with Crippen molar-refractivity contribution in [2.45, 2.75) is 50.9 Å². The molecule has 1 saturated carbocycles. The van der Waals surface area contributed by atoms with Crippen LogP contribution in [0.1, 0.15) is 50.2 Å². The molecule has 1 aromatic heterocycles. The van der Waals surface area contributed by atoms with E-state index in [1.165, 1.54) is 30.4 Å². The number of rotatable bonds is 9. The first-order valence-corrected chi connectivity index (χ1v) is 11.3. The minimum Gasteiger partial charge on any atom is -0.493 e. The molecule has 0 bridgehead atoms. The number of aliphatic imine (C=N–C) groups is 1. The zero-order valence-electron chi connectivity index (χ0n) is 19.4. The first kappa shape index (κ1) is 23.0. The predicted molar refractivity (Wildman–Crippen MR) is 125 cm³/mol. The Balaban J connectivity index is 1.75. The number of hydrogen-bond acceptors (Lipinski definition) is 4. The van der Waals surface area contributed by atoms with Crippen LogP contribution < -0.4 is 20.1 Å². The Kier molecular flexibility index (Phi) is 8.20. The molecule has 1 aliphatic rings. The van der Waals surface area contributed by atoms with Crippen LogP contribution in [0.2, 0.25) is 0 Å². The maximum atomic E-state index is 5.58. The van der Waals surface area contributed by atoms with E-state index in [0.29, 0.717) is 0 Å². The minimum atomic E-state index is 0.0313. The van der Waals surface area contributed by atoms with E-state index in [9.17, 15) is 0 Å². The molecule has 1 aromatic carbocycles. The highest BCUT2D eigenvalue weighted by Crippen LogP contribution is 2.42. The van der Waals surface area contributed by atoms with E-state index in [-0.39, 0.29) is 5.41 Å². The fraction of sp³-hybridized carbons (Fsp3) is 0.583. The molecular weight excluding hydrogens is 390 g/mol. The quantitative estimate of drug-likeness (QED) is 0.474. The molecule has 3 rings (SSSR count). The van der Waals surface area contributed by atoms with Gasteiger partial charge in [-0.1, -0.05) is 25.3 Å². The Hall–Kier alpha value is -2.70. The summed E-state index contributed by atoms with van der Waals surface area (Å²) >= 11 is 0. The third-order valence-electron chi connectivity index (χ3n) is 6.16. The van der Waals surface area contributed by atoms with Crippen molar-refractivity contribution in [1.29, 1.82) is 0 Å². The number of nitrogens with zero attached hydrogens (tertiary/aromatic N) is 3. The zero-order chi connectivity index (χ0) is 22.1. The van der Waals surface area contributed by atoms with Crippen LogP contribution in [0.25, 0.3) is 0 Å². The van der Waals surface area contributed by atoms with E-state index < -0.39 is 0 Å². The molecule has 0 amide bonds. The van der Waals surface area contributed by atoms with Gasteiger partial charge in [-0.05, 0) is 49.4 Å². The molecule has 1 fully saturated rings. The minimum absolute atomic E-state index is 0.0313. The third-order valence-corrected chi connectivity index (χ3v) is 6.16. The van der Waals surface area contributed by atoms with Crippen LogP contribution in [-0.4, -0.2) is 49.6 Å². The van der Waals surface area contributed by atoms with Crippen molar-refractivity contribution in [2.75, 3.05) is 33.9 Å². The topological polar surface area (TPSA) is 72.7 Å². The molecule has 0 saturated heterocycles. The van der Waals surface area contributed by atoms with Crippen molar-refractivity contribution in [1.82, 2.24) is 20.4 Å². The second-order valence-corrected chi connectivity index (χ2v) is 8.30. The van der Waals surface area contributed by atoms with Gasteiger partial charge in [0.05, 0.1) is 27.0 Å². The summed E-state index contributed by atoms with van der Waals surface area (Å²) in [7, 11) is 5.32. The van der Waals surface area contributed by atoms with Crippen molar-refractivity contribution < 1.29 is 9.47 Å². The molecule has 0 radical (unpaired) electrons. The highest BCUT2D eigenvalue weighted by molar-refractivity contribution is 5.79. The fourth-order valence-corrected chi connectivity index (χ4v) is 4.43. The van der Waals surface area contributed by atoms with Gasteiger partial charge in [0.2, 0.25) is 0 Å². The maximum Gasteiger partial charge on any atom is 0.191 e. The van der Waals surface area contributed by atoms with E-state index in [4.69, 9.17) is 14.5 Å². The Labute approximate surface area is 186 Å². The highest BCUT2D eigenvalue weighted by atomic mass is 16.5. The number of aryl methyl sites for hydroxylation is 1. The molecule has 7 nitrogen and oxygen atoms in total. The number of benzene rings is 1. The largest absolute Gasteiger partial charge is 0.493 e. The zero-order valence-corrected chi connectivity index (χ0v) is 19.4. The fourth-order valence-electron chi connectivity index (χ4n) is 4.43. The molecule has 0 unspecified atom stereocenters. The van der Waals surface area contributed by atoms with E-state index in [0.717, 1.165) is 56.4 Å². The van der Waals surface area contributed by atoms with Crippen molar-refractivity contribution in [3.05, 3.63) is 41.7 Å². The molecule has 1 heterocycles. The average molecular weight is 428 g/mol. The number of aromatic nitrogens is 2. The lowest BCUT2D eigenvalue weighted by Gasteiger charge is -2.37. The molecule has 0 atom stereocenters. The Morgan fingerprint density at radius 3 is 2.55 bits per heavy atom. The summed E-state index contributed by atoms with van der Waals surface area (Å²) < 4.78 is 12.9. The predicted octanol–water partition coefficient (Wildman–Crippen LogP) is 3.44. The van der Waals surface area contributed by atoms with E-state index >= 15 is 0 Å². The van der Waals surface area contributed by atoms with Crippen molar-refractivity contribution >= 4 is 5.96 Å². The van der Waals surface area contributed by atoms with Crippen LogP contribution in [0.15, 0.2) is 35.6 Å². The molecule has 2 aromatic rings. The molecule has 170 valence electrons. The van der Waals surface area contributed by atoms with Crippen LogP contribution in [0.3, 0.4) is 0 Å². The monoisotopic (exact) mass is 427 g/mol. The number of nitrogens with one attached hydrogen (secondary N) is 2. The molecule has 7 heteroatoms. The lowest BCUT2D eigenvalue weighted by molar-refractivity contribution is 0.298. The van der Waals surface area contributed by atoms with Crippen LogP contribution >= 0.6 is 0 Å². The Morgan fingerprint density at radius 2 is 1.90 bits per heavy atom. The number of ether oxygens (including phenoxy) is 2. The van der Waals surface area contributed by atoms with E-state index in [2.05, 4.69) is 41.0 Å². The summed E-state index contributed by atoms with van der Waals surface area (Å²) in [5.74, 6) is 2.43. The van der Waals surface area contributed by atoms with Crippen LogP contribution in [0.4, 0.5) is 0 Å². The molecule has 1 aliphatic carbocycles. The Morgan fingerprint density at radius 1 is 1.13 bits per heavy atom. The van der Waals surface area contributed by atoms with Gasteiger partial charge in [0.25, 0.3) is 0 Å². The second-order valence-electron chi connectivity index (χ2n) is 8.30. The molecular formula is C24H37N5O2. The number of guanidine groups is 1. The first-order chi connectivity index (χ1) is 15.1. The van der Waals surface area contributed by atoms with Crippen LogP contribution in [-0.2, 0) is 18.9 Å². The summed E-state index contributed by atoms with van der Waals surface area (Å²) in [5, 5.41) is 11.1. The number of hydrogen-bond donors (Lipinski definition) is 2. The van der Waals surface area contributed by atoms with Crippen molar-refractivity contribution in [3.63, 3.8) is 0 Å². The van der Waals surface area contributed by atoms with Gasteiger partial charge >= 0.3 is 0 Å². The third kappa shape index (κ3) is 5.93. The summed E-state index contributed by atoms with van der Waals surface area (Å²) in [6, 6.07) is 6.35. The van der Waals surface area contributed by atoms with Crippen molar-refractivity contribution in [3.8, 4) is 11.5 Å². The smallest absolute Gasteiger partial charge is 0.191 e. The van der Waals surface area contributed by atoms with Gasteiger partial charge in [0.15, 0.2) is 17.5 Å². The van der Waals surface area contributed by atoms with Gasteiger partial charge in [-0.25, -0.2) is 0 Å². The normalized spacial score (nSPS) is 16.1. The highest BCUT2D eigenvalue weighted by Gasteiger charge is 2.34. The summed E-state index contributed by atoms with van der Waals surface area (Å²) in [5.41, 5.74) is 2.54. The molecule has 0 aliphatic heterocycles. The first-order valence-electron chi connectivity index (χ1n) is 11.3. The molecule has 0 spiro atoms. The lowest BCUT2D eigenvalue weighted by Crippen LogP contribution is -2.40. The van der Waals surface area contributed by atoms with Crippen molar-refractivity contribution in [2.24, 2.45) is 12.0 Å². The van der Waals surface area contributed by atoms with Crippen LogP contribution in [0, 0.1) is 0 Å². The van der Waals surface area contributed by atoms with Gasteiger partial charge in [-0.2, -0.15) is 5.10 Å². The number of methoxy groups -OCH3 is 2. The standard InChI is InChI=1S/C24H37N5O2/c1-5-25-23(26-14-11-19-16-28-29(2)17-19)27-18-24(12-7-6-8-13-24)20-9-10-21(30-3)22(15-20)31-4/h9-10,15-17H,5-8,11-14,18H2,1-4H3,(H2,25,26,27). The average Bonchev–Trinajstić information content (AvgIpc) is 3.22. The van der Waals surface area contributed by atoms with Gasteiger partial charge in [0.1, 0.15) is 0 Å². The van der Waals surface area contributed by atoms with E-state index in [1.807, 2.05) is 24.0 Å². The van der Waals surface area contributed by atoms with Gasteiger partial charge in [-0.15, -0.1) is 0 Å². The summed E-state index contributed by atoms with van der Waals surface area (Å²) in [4.78, 5) is 5.02. The van der Waals surface area contributed by atoms with Gasteiger partial charge in [0, 0.05) is 31.7 Å². The SMILES string of the molecule is CCNC(=NCC1(c2ccc(OC)c(OC)c2)CCCCC1)NCCc1cnn(C)c1. The van der Waals surface area contributed by atoms with Gasteiger partial charge in [-0.3, -0.25) is 9.67 Å². The second kappa shape index (κ2) is 11.1. The van der Waals surface area contributed by atoms with Gasteiger partial charge < -0.3 is 20.1 Å². The summed E-state index contributed by atoms with van der Waals surface area (Å²) in [6.07, 6.45) is 10.9.